The van der Waals surface area contributed by atoms with Gasteiger partial charge in [-0.05, 0) is 26.2 Å². The molecule has 0 spiro atoms. The zero-order valence-electron chi connectivity index (χ0n) is 11.5. The number of amides is 2. The molecule has 2 rings (SSSR count). The zero-order chi connectivity index (χ0) is 14.9. The molecule has 3 unspecified atom stereocenters. The third kappa shape index (κ3) is 2.55. The molecule has 6 nitrogen and oxygen atoms in total. The Morgan fingerprint density at radius 3 is 2.35 bits per heavy atom. The number of primary amides is 1. The van der Waals surface area contributed by atoms with Gasteiger partial charge in [0.2, 0.25) is 11.8 Å². The van der Waals surface area contributed by atoms with Crippen molar-refractivity contribution in [1.29, 1.82) is 0 Å². The molecule has 0 radical (unpaired) electrons. The first kappa shape index (κ1) is 14.6. The third-order valence-electron chi connectivity index (χ3n) is 4.45. The molecule has 110 valence electrons. The van der Waals surface area contributed by atoms with Gasteiger partial charge in [-0.1, -0.05) is 12.2 Å². The summed E-state index contributed by atoms with van der Waals surface area (Å²) in [4.78, 5) is 36.8. The van der Waals surface area contributed by atoms with E-state index in [0.717, 1.165) is 0 Å². The maximum absolute atomic E-state index is 12.5. The highest BCUT2D eigenvalue weighted by Crippen LogP contribution is 2.34. The van der Waals surface area contributed by atoms with E-state index in [1.807, 2.05) is 6.08 Å². The van der Waals surface area contributed by atoms with E-state index in [9.17, 15) is 19.5 Å². The fraction of sp³-hybridized carbons (Fsp3) is 0.643. The highest BCUT2D eigenvalue weighted by Gasteiger charge is 2.44. The van der Waals surface area contributed by atoms with Gasteiger partial charge in [0.1, 0.15) is 0 Å². The Hall–Kier alpha value is -1.85. The summed E-state index contributed by atoms with van der Waals surface area (Å²) in [5.74, 6) is -2.73. The molecular weight excluding hydrogens is 260 g/mol. The molecule has 2 amide bonds. The number of hydrogen-bond donors (Lipinski definition) is 2. The second kappa shape index (κ2) is 5.26. The van der Waals surface area contributed by atoms with Crippen LogP contribution < -0.4 is 5.73 Å². The van der Waals surface area contributed by atoms with E-state index in [1.54, 1.807) is 17.9 Å². The van der Waals surface area contributed by atoms with Crippen LogP contribution in [0.25, 0.3) is 0 Å². The number of hydrogen-bond acceptors (Lipinski definition) is 3. The molecule has 1 saturated heterocycles. The molecule has 2 aliphatic rings. The number of carbonyl (C=O) groups excluding carboxylic acids is 2. The lowest BCUT2D eigenvalue weighted by atomic mass is 9.82. The Balaban J connectivity index is 2.10. The van der Waals surface area contributed by atoms with Crippen molar-refractivity contribution in [3.05, 3.63) is 12.2 Å². The molecular formula is C14H20N2O4. The minimum Gasteiger partial charge on any atom is -0.481 e. The van der Waals surface area contributed by atoms with Gasteiger partial charge in [-0.3, -0.25) is 14.4 Å². The molecule has 20 heavy (non-hydrogen) atoms. The predicted molar refractivity (Wildman–Crippen MR) is 71.5 cm³/mol. The zero-order valence-corrected chi connectivity index (χ0v) is 11.5. The number of aliphatic carboxylic acids is 1. The molecule has 1 aliphatic heterocycles. The van der Waals surface area contributed by atoms with Gasteiger partial charge < -0.3 is 15.7 Å². The maximum Gasteiger partial charge on any atom is 0.307 e. The lowest BCUT2D eigenvalue weighted by Gasteiger charge is -2.29. The number of carboxylic acids is 1. The van der Waals surface area contributed by atoms with E-state index in [2.05, 4.69) is 0 Å². The molecule has 0 aromatic rings. The van der Waals surface area contributed by atoms with Crippen molar-refractivity contribution < 1.29 is 19.5 Å². The van der Waals surface area contributed by atoms with Crippen LogP contribution in [0.1, 0.15) is 26.2 Å². The molecule has 0 aromatic carbocycles. The van der Waals surface area contributed by atoms with Crippen LogP contribution in [0.5, 0.6) is 0 Å². The number of allylic oxidation sites excluding steroid dienone is 2. The number of nitrogens with two attached hydrogens (primary N) is 1. The normalized spacial score (nSPS) is 33.1. The van der Waals surface area contributed by atoms with Crippen molar-refractivity contribution in [3.8, 4) is 0 Å². The maximum atomic E-state index is 12.5. The largest absolute Gasteiger partial charge is 0.481 e. The van der Waals surface area contributed by atoms with Crippen LogP contribution in [0.15, 0.2) is 12.2 Å². The number of nitrogens with zero attached hydrogens (tertiary/aromatic N) is 1. The van der Waals surface area contributed by atoms with Crippen molar-refractivity contribution >= 4 is 17.8 Å². The molecule has 1 aliphatic carbocycles. The smallest absolute Gasteiger partial charge is 0.307 e. The van der Waals surface area contributed by atoms with Gasteiger partial charge >= 0.3 is 5.97 Å². The monoisotopic (exact) mass is 280 g/mol. The Labute approximate surface area is 117 Å². The Bertz CT molecular complexity index is 474. The van der Waals surface area contributed by atoms with Crippen LogP contribution in [0.3, 0.4) is 0 Å². The SMILES string of the molecule is CC1(C(N)=O)CCN(C(=O)C2CC=CCC2C(=O)O)C1. The first-order valence-electron chi connectivity index (χ1n) is 6.81. The van der Waals surface area contributed by atoms with Crippen LogP contribution >= 0.6 is 0 Å². The van der Waals surface area contributed by atoms with E-state index in [0.29, 0.717) is 25.8 Å². The van der Waals surface area contributed by atoms with Crippen molar-refractivity contribution in [1.82, 2.24) is 4.90 Å². The van der Waals surface area contributed by atoms with Crippen LogP contribution in [-0.4, -0.2) is 40.9 Å². The molecule has 0 bridgehead atoms. The van der Waals surface area contributed by atoms with E-state index in [4.69, 9.17) is 5.73 Å². The third-order valence-corrected chi connectivity index (χ3v) is 4.45. The van der Waals surface area contributed by atoms with Gasteiger partial charge in [-0.2, -0.15) is 0 Å². The molecule has 0 aromatic heterocycles. The minimum atomic E-state index is -0.940. The Morgan fingerprint density at radius 1 is 1.25 bits per heavy atom. The highest BCUT2D eigenvalue weighted by atomic mass is 16.4. The minimum absolute atomic E-state index is 0.174. The summed E-state index contributed by atoms with van der Waals surface area (Å²) in [6.45, 7) is 2.50. The summed E-state index contributed by atoms with van der Waals surface area (Å²) in [5.41, 5.74) is 4.67. The van der Waals surface area contributed by atoms with Crippen molar-refractivity contribution in [3.63, 3.8) is 0 Å². The highest BCUT2D eigenvalue weighted by molar-refractivity contribution is 5.87. The first-order chi connectivity index (χ1) is 9.35. The number of carbonyl (C=O) groups is 3. The summed E-state index contributed by atoms with van der Waals surface area (Å²) in [6.07, 6.45) is 5.02. The van der Waals surface area contributed by atoms with Crippen LogP contribution in [0, 0.1) is 17.3 Å². The topological polar surface area (TPSA) is 101 Å². The number of rotatable bonds is 3. The van der Waals surface area contributed by atoms with Crippen LogP contribution in [0.2, 0.25) is 0 Å². The summed E-state index contributed by atoms with van der Waals surface area (Å²) < 4.78 is 0. The van der Waals surface area contributed by atoms with Crippen molar-refractivity contribution in [2.45, 2.75) is 26.2 Å². The average molecular weight is 280 g/mol. The second-order valence-electron chi connectivity index (χ2n) is 5.93. The quantitative estimate of drug-likeness (QED) is 0.730. The standard InChI is InChI=1S/C14H20N2O4/c1-14(13(15)20)6-7-16(8-14)11(17)9-4-2-3-5-10(9)12(18)19/h2-3,9-10H,4-8H2,1H3,(H2,15,20)(H,18,19). The predicted octanol–water partition coefficient (Wildman–Crippen LogP) is 0.377. The Kier molecular flexibility index (Phi) is 3.83. The molecule has 6 heteroatoms. The van der Waals surface area contributed by atoms with Gasteiger partial charge in [0.05, 0.1) is 17.3 Å². The van der Waals surface area contributed by atoms with Crippen LogP contribution in [0.4, 0.5) is 0 Å². The van der Waals surface area contributed by atoms with E-state index in [1.165, 1.54) is 0 Å². The number of carboxylic acid groups (broad SMARTS) is 1. The first-order valence-corrected chi connectivity index (χ1v) is 6.81. The van der Waals surface area contributed by atoms with Crippen LogP contribution in [-0.2, 0) is 14.4 Å². The summed E-state index contributed by atoms with van der Waals surface area (Å²) >= 11 is 0. The summed E-state index contributed by atoms with van der Waals surface area (Å²) in [5, 5.41) is 9.21. The lowest BCUT2D eigenvalue weighted by molar-refractivity contribution is -0.150. The van der Waals surface area contributed by atoms with Gasteiger partial charge in [0.25, 0.3) is 0 Å². The summed E-state index contributed by atoms with van der Waals surface area (Å²) in [7, 11) is 0. The molecule has 1 heterocycles. The summed E-state index contributed by atoms with van der Waals surface area (Å²) in [6, 6.07) is 0. The fourth-order valence-corrected chi connectivity index (χ4v) is 2.94. The van der Waals surface area contributed by atoms with E-state index < -0.39 is 29.1 Å². The lowest BCUT2D eigenvalue weighted by Crippen LogP contribution is -2.43. The van der Waals surface area contributed by atoms with Gasteiger partial charge in [0, 0.05) is 13.1 Å². The molecule has 3 N–H and O–H groups in total. The van der Waals surface area contributed by atoms with E-state index in [-0.39, 0.29) is 12.5 Å². The molecule has 1 fully saturated rings. The molecule has 0 saturated carbocycles. The van der Waals surface area contributed by atoms with Crippen molar-refractivity contribution in [2.24, 2.45) is 23.0 Å². The average Bonchev–Trinajstić information content (AvgIpc) is 2.82. The Morgan fingerprint density at radius 2 is 1.85 bits per heavy atom. The number of likely N-dealkylation sites (tertiary alicyclic amines) is 1. The van der Waals surface area contributed by atoms with Gasteiger partial charge in [-0.25, -0.2) is 0 Å². The second-order valence-corrected chi connectivity index (χ2v) is 5.93. The van der Waals surface area contributed by atoms with Gasteiger partial charge in [-0.15, -0.1) is 0 Å². The van der Waals surface area contributed by atoms with Crippen molar-refractivity contribution in [2.75, 3.05) is 13.1 Å². The molecule has 3 atom stereocenters. The van der Waals surface area contributed by atoms with E-state index >= 15 is 0 Å². The van der Waals surface area contributed by atoms with Gasteiger partial charge in [0.15, 0.2) is 0 Å². The fourth-order valence-electron chi connectivity index (χ4n) is 2.94.